The number of amides is 1. The molecule has 6 nitrogen and oxygen atoms in total. The van der Waals surface area contributed by atoms with Crippen molar-refractivity contribution in [3.63, 3.8) is 0 Å². The zero-order valence-corrected chi connectivity index (χ0v) is 15.7. The molecule has 0 saturated heterocycles. The summed E-state index contributed by atoms with van der Waals surface area (Å²) in [7, 11) is 1.55. The fourth-order valence-electron chi connectivity index (χ4n) is 2.19. The van der Waals surface area contributed by atoms with Crippen LogP contribution in [0.3, 0.4) is 0 Å². The zero-order chi connectivity index (χ0) is 18.9. The van der Waals surface area contributed by atoms with Crippen LogP contribution in [0.25, 0.3) is 0 Å². The Morgan fingerprint density at radius 3 is 2.42 bits per heavy atom. The summed E-state index contributed by atoms with van der Waals surface area (Å²) in [5.41, 5.74) is 3.63. The van der Waals surface area contributed by atoms with Crippen LogP contribution in [0.1, 0.15) is 29.8 Å². The molecule has 2 aromatic rings. The second-order valence-corrected chi connectivity index (χ2v) is 5.53. The summed E-state index contributed by atoms with van der Waals surface area (Å²) in [5.74, 6) is 1.32. The smallest absolute Gasteiger partial charge is 0.271 e. The molecule has 0 bridgehead atoms. The molecule has 0 aliphatic carbocycles. The zero-order valence-electron chi connectivity index (χ0n) is 14.9. The molecule has 1 amide bonds. The van der Waals surface area contributed by atoms with Gasteiger partial charge in [-0.2, -0.15) is 5.10 Å². The van der Waals surface area contributed by atoms with Gasteiger partial charge in [0, 0.05) is 5.56 Å². The first-order chi connectivity index (χ1) is 12.6. The number of hydrogen-bond donors (Lipinski definition) is 1. The predicted octanol–water partition coefficient (Wildman–Crippen LogP) is 3.91. The number of rotatable bonds is 8. The molecule has 7 heteroatoms. The molecular formula is C19H21ClN2O4. The molecule has 26 heavy (non-hydrogen) atoms. The second kappa shape index (κ2) is 9.68. The van der Waals surface area contributed by atoms with Gasteiger partial charge in [-0.3, -0.25) is 4.79 Å². The third kappa shape index (κ3) is 5.13. The fourth-order valence-corrected chi connectivity index (χ4v) is 2.43. The Hall–Kier alpha value is -2.73. The Bertz CT molecular complexity index is 793. The van der Waals surface area contributed by atoms with Gasteiger partial charge in [0.05, 0.1) is 31.6 Å². The van der Waals surface area contributed by atoms with Gasteiger partial charge < -0.3 is 14.2 Å². The molecule has 0 radical (unpaired) electrons. The van der Waals surface area contributed by atoms with Crippen molar-refractivity contribution in [2.24, 2.45) is 5.10 Å². The number of benzene rings is 2. The highest BCUT2D eigenvalue weighted by atomic mass is 35.5. The summed E-state index contributed by atoms with van der Waals surface area (Å²) in [4.78, 5) is 12.2. The van der Waals surface area contributed by atoms with Gasteiger partial charge in [0.1, 0.15) is 5.75 Å². The van der Waals surface area contributed by atoms with Crippen LogP contribution in [0.5, 0.6) is 17.2 Å². The lowest BCUT2D eigenvalue weighted by atomic mass is 10.2. The van der Waals surface area contributed by atoms with E-state index in [0.29, 0.717) is 41.0 Å². The van der Waals surface area contributed by atoms with E-state index in [2.05, 4.69) is 10.5 Å². The van der Waals surface area contributed by atoms with Crippen molar-refractivity contribution >= 4 is 23.7 Å². The van der Waals surface area contributed by atoms with Crippen LogP contribution >= 0.6 is 11.6 Å². The summed E-state index contributed by atoms with van der Waals surface area (Å²) < 4.78 is 16.0. The van der Waals surface area contributed by atoms with Crippen LogP contribution in [-0.4, -0.2) is 32.4 Å². The lowest BCUT2D eigenvalue weighted by Gasteiger charge is -2.10. The highest BCUT2D eigenvalue weighted by Gasteiger charge is 2.10. The molecule has 0 aliphatic heterocycles. The van der Waals surface area contributed by atoms with Crippen molar-refractivity contribution in [2.75, 3.05) is 20.3 Å². The highest BCUT2D eigenvalue weighted by molar-refractivity contribution is 6.32. The molecule has 0 aliphatic rings. The van der Waals surface area contributed by atoms with Gasteiger partial charge in [0.2, 0.25) is 0 Å². The fraction of sp³-hybridized carbons (Fsp3) is 0.263. The summed E-state index contributed by atoms with van der Waals surface area (Å²) in [6.45, 7) is 4.75. The number of ether oxygens (including phenoxy) is 3. The molecule has 0 atom stereocenters. The van der Waals surface area contributed by atoms with E-state index in [1.165, 1.54) is 6.21 Å². The molecule has 0 unspecified atom stereocenters. The Morgan fingerprint density at radius 2 is 1.77 bits per heavy atom. The maximum absolute atomic E-state index is 12.2. The molecule has 0 saturated carbocycles. The van der Waals surface area contributed by atoms with Crippen LogP contribution in [-0.2, 0) is 0 Å². The van der Waals surface area contributed by atoms with Crippen LogP contribution in [0.2, 0.25) is 5.02 Å². The minimum absolute atomic E-state index is 0.359. The van der Waals surface area contributed by atoms with E-state index >= 15 is 0 Å². The molecule has 0 aromatic heterocycles. The lowest BCUT2D eigenvalue weighted by Crippen LogP contribution is -2.17. The summed E-state index contributed by atoms with van der Waals surface area (Å²) in [6, 6.07) is 10.2. The topological polar surface area (TPSA) is 69.2 Å². The van der Waals surface area contributed by atoms with E-state index in [-0.39, 0.29) is 5.91 Å². The van der Waals surface area contributed by atoms with Crippen molar-refractivity contribution in [3.05, 3.63) is 52.5 Å². The number of halogens is 1. The lowest BCUT2D eigenvalue weighted by molar-refractivity contribution is 0.0954. The van der Waals surface area contributed by atoms with Gasteiger partial charge in [-0.15, -0.1) is 0 Å². The van der Waals surface area contributed by atoms with Crippen LogP contribution in [0.4, 0.5) is 0 Å². The van der Waals surface area contributed by atoms with Crippen molar-refractivity contribution < 1.29 is 19.0 Å². The summed E-state index contributed by atoms with van der Waals surface area (Å²) in [5, 5.41) is 4.44. The highest BCUT2D eigenvalue weighted by Crippen LogP contribution is 2.28. The number of hydrazone groups is 1. The van der Waals surface area contributed by atoms with Gasteiger partial charge in [0.25, 0.3) is 5.91 Å². The number of nitrogens with zero attached hydrogens (tertiary/aromatic N) is 1. The quantitative estimate of drug-likeness (QED) is 0.560. The Morgan fingerprint density at radius 1 is 1.08 bits per heavy atom. The first-order valence-corrected chi connectivity index (χ1v) is 8.53. The van der Waals surface area contributed by atoms with Crippen LogP contribution in [0.15, 0.2) is 41.5 Å². The third-order valence-electron chi connectivity index (χ3n) is 3.36. The number of methoxy groups -OCH3 is 1. The Labute approximate surface area is 157 Å². The predicted molar refractivity (Wildman–Crippen MR) is 102 cm³/mol. The standard InChI is InChI=1S/C19H21ClN2O4/c1-4-25-16-8-6-13(10-15(16)20)12-21-22-19(23)14-7-9-17(24-3)18(11-14)26-5-2/h6-12H,4-5H2,1-3H3,(H,22,23)/b21-12+. The van der Waals surface area contributed by atoms with E-state index in [9.17, 15) is 4.79 Å². The van der Waals surface area contributed by atoms with Crippen molar-refractivity contribution in [1.29, 1.82) is 0 Å². The van der Waals surface area contributed by atoms with E-state index in [1.54, 1.807) is 43.5 Å². The number of nitrogens with one attached hydrogen (secondary N) is 1. The van der Waals surface area contributed by atoms with Gasteiger partial charge in [0.15, 0.2) is 11.5 Å². The molecule has 1 N–H and O–H groups in total. The van der Waals surface area contributed by atoms with Gasteiger partial charge in [-0.25, -0.2) is 5.43 Å². The first-order valence-electron chi connectivity index (χ1n) is 8.15. The maximum Gasteiger partial charge on any atom is 0.271 e. The molecule has 2 aromatic carbocycles. The Balaban J connectivity index is 2.05. The number of hydrogen-bond acceptors (Lipinski definition) is 5. The molecule has 0 spiro atoms. The SMILES string of the molecule is CCOc1ccc(/C=N/NC(=O)c2ccc(OC)c(OCC)c2)cc1Cl. The molecule has 0 heterocycles. The Kier molecular flexibility index (Phi) is 7.29. The minimum atomic E-state index is -0.359. The minimum Gasteiger partial charge on any atom is -0.493 e. The molecule has 0 fully saturated rings. The summed E-state index contributed by atoms with van der Waals surface area (Å²) in [6.07, 6.45) is 1.51. The molecular weight excluding hydrogens is 356 g/mol. The molecule has 138 valence electrons. The summed E-state index contributed by atoms with van der Waals surface area (Å²) >= 11 is 6.12. The van der Waals surface area contributed by atoms with Crippen molar-refractivity contribution in [1.82, 2.24) is 5.43 Å². The van der Waals surface area contributed by atoms with E-state index < -0.39 is 0 Å². The first kappa shape index (κ1) is 19.6. The normalized spacial score (nSPS) is 10.6. The second-order valence-electron chi connectivity index (χ2n) is 5.12. The van der Waals surface area contributed by atoms with Gasteiger partial charge in [-0.1, -0.05) is 11.6 Å². The van der Waals surface area contributed by atoms with Crippen molar-refractivity contribution in [3.8, 4) is 17.2 Å². The largest absolute Gasteiger partial charge is 0.493 e. The maximum atomic E-state index is 12.2. The van der Waals surface area contributed by atoms with E-state index in [0.717, 1.165) is 5.56 Å². The van der Waals surface area contributed by atoms with Gasteiger partial charge >= 0.3 is 0 Å². The number of carbonyl (C=O) groups is 1. The third-order valence-corrected chi connectivity index (χ3v) is 3.66. The van der Waals surface area contributed by atoms with E-state index in [1.807, 2.05) is 13.8 Å². The molecule has 2 rings (SSSR count). The van der Waals surface area contributed by atoms with E-state index in [4.69, 9.17) is 25.8 Å². The average molecular weight is 377 g/mol. The van der Waals surface area contributed by atoms with Crippen LogP contribution < -0.4 is 19.6 Å². The number of carbonyl (C=O) groups excluding carboxylic acids is 1. The van der Waals surface area contributed by atoms with Crippen molar-refractivity contribution in [2.45, 2.75) is 13.8 Å². The van der Waals surface area contributed by atoms with Gasteiger partial charge in [-0.05, 0) is 55.8 Å². The average Bonchev–Trinajstić information content (AvgIpc) is 2.64. The monoisotopic (exact) mass is 376 g/mol. The van der Waals surface area contributed by atoms with Crippen LogP contribution in [0, 0.1) is 0 Å².